The SMILES string of the molecule is OC[C@H]1O[C@@H](O[C@@H]2[C@H](O[C@@H]3[C@@H](O[C@@H]4[C@H](O)[C@@H](O)O[C@H](CO)[C@H]4O)O[C@H](CO)[C@@H](O)[C@@H]3O)O[C@H](CO)[C@@H](O)[C@@H]2O)[C@@H](O)[C@@H](O)[C@@H]1O. The molecule has 4 rings (SSSR count). The van der Waals surface area contributed by atoms with Crippen molar-refractivity contribution in [2.24, 2.45) is 0 Å². The van der Waals surface area contributed by atoms with Crippen LogP contribution in [0.5, 0.6) is 0 Å². The van der Waals surface area contributed by atoms with E-state index in [1.165, 1.54) is 0 Å². The third-order valence-electron chi connectivity index (χ3n) is 8.21. The van der Waals surface area contributed by atoms with Crippen molar-refractivity contribution in [3.8, 4) is 0 Å². The van der Waals surface area contributed by atoms with Gasteiger partial charge in [-0.2, -0.15) is 0 Å². The zero-order valence-corrected chi connectivity index (χ0v) is 23.5. The number of aliphatic hydroxyl groups is 14. The van der Waals surface area contributed by atoms with Gasteiger partial charge in [0.2, 0.25) is 0 Å². The molecule has 14 N–H and O–H groups in total. The molecule has 0 spiro atoms. The minimum Gasteiger partial charge on any atom is -0.394 e. The summed E-state index contributed by atoms with van der Waals surface area (Å²) in [6.07, 6.45) is -36.6. The van der Waals surface area contributed by atoms with Crippen molar-refractivity contribution in [3.63, 3.8) is 0 Å². The van der Waals surface area contributed by atoms with Gasteiger partial charge in [0, 0.05) is 0 Å². The highest BCUT2D eigenvalue weighted by molar-refractivity contribution is 4.97. The third-order valence-corrected chi connectivity index (χ3v) is 8.21. The van der Waals surface area contributed by atoms with Crippen molar-refractivity contribution in [1.29, 1.82) is 0 Å². The normalized spacial score (nSPS) is 52.9. The first-order valence-electron chi connectivity index (χ1n) is 14.1. The molecule has 21 heteroatoms. The van der Waals surface area contributed by atoms with Crippen LogP contribution in [0.4, 0.5) is 0 Å². The van der Waals surface area contributed by atoms with Crippen LogP contribution >= 0.6 is 0 Å². The summed E-state index contributed by atoms with van der Waals surface area (Å²) in [4.78, 5) is 0. The first-order chi connectivity index (χ1) is 21.3. The largest absolute Gasteiger partial charge is 0.394 e. The van der Waals surface area contributed by atoms with Crippen LogP contribution in [0, 0.1) is 0 Å². The van der Waals surface area contributed by atoms with Crippen LogP contribution in [0.1, 0.15) is 0 Å². The van der Waals surface area contributed by atoms with E-state index in [4.69, 9.17) is 33.2 Å². The summed E-state index contributed by atoms with van der Waals surface area (Å²) in [6, 6.07) is 0. The summed E-state index contributed by atoms with van der Waals surface area (Å²) in [5.74, 6) is 0. The van der Waals surface area contributed by atoms with Gasteiger partial charge in [-0.1, -0.05) is 0 Å². The zero-order valence-electron chi connectivity index (χ0n) is 23.5. The van der Waals surface area contributed by atoms with E-state index in [1.54, 1.807) is 0 Å². The van der Waals surface area contributed by atoms with Crippen LogP contribution in [-0.4, -0.2) is 221 Å². The third kappa shape index (κ3) is 7.44. The maximum atomic E-state index is 11.0. The molecule has 0 aromatic carbocycles. The Kier molecular flexibility index (Phi) is 12.8. The minimum atomic E-state index is -2.03. The molecular weight excluding hydrogens is 624 g/mol. The van der Waals surface area contributed by atoms with E-state index in [9.17, 15) is 71.5 Å². The summed E-state index contributed by atoms with van der Waals surface area (Å²) in [6.45, 7) is -3.45. The molecule has 0 aromatic rings. The van der Waals surface area contributed by atoms with E-state index in [-0.39, 0.29) is 0 Å². The lowest BCUT2D eigenvalue weighted by Crippen LogP contribution is -2.68. The standard InChI is InChI=1S/C24H42O21/c25-1-5-9(29)13(33)16(36)22(40-5)44-19-14(34)10(30)7(3-27)42-24(19)45-20-15(35)11(31)6(2-26)41-23(20)43-18-12(32)8(4-28)39-21(38)17(18)37/h5-38H,1-4H2/t5-,6-,7-,8-,9-,10-,11-,12-,13+,14+,15+,16+,17+,18+,19+,20+,21+,22+,23-,24+/m1/s1. The summed E-state index contributed by atoms with van der Waals surface area (Å²) in [5, 5.41) is 143. The van der Waals surface area contributed by atoms with E-state index in [2.05, 4.69) is 0 Å². The van der Waals surface area contributed by atoms with Crippen molar-refractivity contribution in [1.82, 2.24) is 0 Å². The first-order valence-corrected chi connectivity index (χ1v) is 14.1. The summed E-state index contributed by atoms with van der Waals surface area (Å²) in [7, 11) is 0. The Hall–Kier alpha value is -0.840. The van der Waals surface area contributed by atoms with Crippen molar-refractivity contribution >= 4 is 0 Å². The number of ether oxygens (including phenoxy) is 7. The molecule has 4 fully saturated rings. The average molecular weight is 667 g/mol. The van der Waals surface area contributed by atoms with Crippen LogP contribution in [0.15, 0.2) is 0 Å². The Morgan fingerprint density at radius 3 is 1.13 bits per heavy atom. The maximum absolute atomic E-state index is 11.0. The number of rotatable bonds is 10. The zero-order chi connectivity index (χ0) is 33.3. The molecule has 20 atom stereocenters. The molecule has 264 valence electrons. The topological polar surface area (TPSA) is 348 Å². The highest BCUT2D eigenvalue weighted by Gasteiger charge is 2.55. The van der Waals surface area contributed by atoms with Gasteiger partial charge in [-0.25, -0.2) is 0 Å². The molecule has 4 aliphatic rings. The Morgan fingerprint density at radius 2 is 0.689 bits per heavy atom. The smallest absolute Gasteiger partial charge is 0.187 e. The van der Waals surface area contributed by atoms with Crippen LogP contribution < -0.4 is 0 Å². The van der Waals surface area contributed by atoms with E-state index >= 15 is 0 Å². The first kappa shape index (κ1) is 37.0. The lowest BCUT2D eigenvalue weighted by atomic mass is 9.96. The predicted octanol–water partition coefficient (Wildman–Crippen LogP) is -9.75. The van der Waals surface area contributed by atoms with Gasteiger partial charge in [-0.05, 0) is 0 Å². The molecule has 21 nitrogen and oxygen atoms in total. The summed E-state index contributed by atoms with van der Waals surface area (Å²) >= 11 is 0. The molecule has 4 saturated heterocycles. The van der Waals surface area contributed by atoms with Crippen LogP contribution in [0.3, 0.4) is 0 Å². The van der Waals surface area contributed by atoms with Gasteiger partial charge in [-0.3, -0.25) is 0 Å². The maximum Gasteiger partial charge on any atom is 0.187 e. The Labute approximate surface area is 254 Å². The van der Waals surface area contributed by atoms with Crippen molar-refractivity contribution in [3.05, 3.63) is 0 Å². The average Bonchev–Trinajstić information content (AvgIpc) is 3.03. The lowest BCUT2D eigenvalue weighted by Gasteiger charge is -2.49. The van der Waals surface area contributed by atoms with E-state index < -0.39 is 149 Å². The fraction of sp³-hybridized carbons (Fsp3) is 1.00. The second-order valence-electron chi connectivity index (χ2n) is 11.1. The van der Waals surface area contributed by atoms with Gasteiger partial charge in [0.15, 0.2) is 25.2 Å². The molecule has 0 aliphatic carbocycles. The Bertz CT molecular complexity index is 916. The molecule has 0 amide bonds. The van der Waals surface area contributed by atoms with Gasteiger partial charge < -0.3 is 105 Å². The van der Waals surface area contributed by atoms with Crippen LogP contribution in [0.2, 0.25) is 0 Å². The van der Waals surface area contributed by atoms with Crippen molar-refractivity contribution < 1.29 is 105 Å². The van der Waals surface area contributed by atoms with Gasteiger partial charge in [0.25, 0.3) is 0 Å². The van der Waals surface area contributed by atoms with Crippen LogP contribution in [0.25, 0.3) is 0 Å². The number of hydrogen-bond acceptors (Lipinski definition) is 21. The molecule has 0 unspecified atom stereocenters. The van der Waals surface area contributed by atoms with E-state index in [0.717, 1.165) is 0 Å². The van der Waals surface area contributed by atoms with Gasteiger partial charge in [0.05, 0.1) is 26.4 Å². The number of aliphatic hydroxyl groups excluding tert-OH is 14. The fourth-order valence-corrected chi connectivity index (χ4v) is 5.49. The second-order valence-corrected chi connectivity index (χ2v) is 11.1. The minimum absolute atomic E-state index is 0.827. The molecule has 4 aliphatic heterocycles. The van der Waals surface area contributed by atoms with E-state index in [0.29, 0.717) is 0 Å². The highest BCUT2D eigenvalue weighted by Crippen LogP contribution is 2.34. The molecule has 0 radical (unpaired) electrons. The molecule has 0 saturated carbocycles. The predicted molar refractivity (Wildman–Crippen MR) is 134 cm³/mol. The molecule has 0 aromatic heterocycles. The second kappa shape index (κ2) is 15.6. The lowest BCUT2D eigenvalue weighted by molar-refractivity contribution is -0.403. The van der Waals surface area contributed by atoms with Gasteiger partial charge in [0.1, 0.15) is 97.7 Å². The van der Waals surface area contributed by atoms with Crippen molar-refractivity contribution in [2.75, 3.05) is 26.4 Å². The highest BCUT2D eigenvalue weighted by atomic mass is 16.8. The molecular formula is C24H42O21. The van der Waals surface area contributed by atoms with Gasteiger partial charge in [-0.15, -0.1) is 0 Å². The summed E-state index contributed by atoms with van der Waals surface area (Å²) < 4.78 is 38.2. The quantitative estimate of drug-likeness (QED) is 0.103. The molecule has 4 heterocycles. The molecule has 45 heavy (non-hydrogen) atoms. The van der Waals surface area contributed by atoms with Gasteiger partial charge >= 0.3 is 0 Å². The fourth-order valence-electron chi connectivity index (χ4n) is 5.49. The summed E-state index contributed by atoms with van der Waals surface area (Å²) in [5.41, 5.74) is 0. The monoisotopic (exact) mass is 666 g/mol. The van der Waals surface area contributed by atoms with E-state index in [1.807, 2.05) is 0 Å². The molecule has 0 bridgehead atoms. The Balaban J connectivity index is 1.63. The van der Waals surface area contributed by atoms with Crippen LogP contribution in [-0.2, 0) is 33.2 Å². The van der Waals surface area contributed by atoms with Crippen molar-refractivity contribution in [2.45, 2.75) is 123 Å². The number of hydrogen-bond donors (Lipinski definition) is 14. The Morgan fingerprint density at radius 1 is 0.333 bits per heavy atom.